The van der Waals surface area contributed by atoms with Crippen LogP contribution >= 0.6 is 0 Å². The third kappa shape index (κ3) is 6.27. The summed E-state index contributed by atoms with van der Waals surface area (Å²) in [6.45, 7) is 8.54. The van der Waals surface area contributed by atoms with E-state index >= 15 is 0 Å². The van der Waals surface area contributed by atoms with Gasteiger partial charge in [-0.15, -0.1) is 0 Å². The molecule has 1 aromatic rings. The number of rotatable bonds is 6. The second-order valence-corrected chi connectivity index (χ2v) is 5.37. The van der Waals surface area contributed by atoms with Gasteiger partial charge in [0.2, 0.25) is 0 Å². The molecule has 1 aromatic carbocycles. The average Bonchev–Trinajstić information content (AvgIpc) is 2.43. The van der Waals surface area contributed by atoms with E-state index in [1.165, 1.54) is 5.56 Å². The lowest BCUT2D eigenvalue weighted by Gasteiger charge is -2.16. The summed E-state index contributed by atoms with van der Waals surface area (Å²) in [6.07, 6.45) is 1.10. The maximum atomic E-state index is 4.22. The van der Waals surface area contributed by atoms with Crippen molar-refractivity contribution in [3.63, 3.8) is 0 Å². The van der Waals surface area contributed by atoms with Crippen molar-refractivity contribution < 1.29 is 0 Å². The molecule has 0 fully saturated rings. The Labute approximate surface area is 117 Å². The third-order valence-corrected chi connectivity index (χ3v) is 3.14. The van der Waals surface area contributed by atoms with Gasteiger partial charge in [0.15, 0.2) is 5.96 Å². The van der Waals surface area contributed by atoms with Gasteiger partial charge in [0.05, 0.1) is 0 Å². The highest BCUT2D eigenvalue weighted by molar-refractivity contribution is 5.79. The molecule has 3 nitrogen and oxygen atoms in total. The van der Waals surface area contributed by atoms with E-state index in [2.05, 4.69) is 66.7 Å². The average molecular weight is 261 g/mol. The topological polar surface area (TPSA) is 36.4 Å². The van der Waals surface area contributed by atoms with Gasteiger partial charge in [-0.1, -0.05) is 51.1 Å². The van der Waals surface area contributed by atoms with Crippen molar-refractivity contribution >= 4 is 5.96 Å². The van der Waals surface area contributed by atoms with Gasteiger partial charge in [0, 0.05) is 20.1 Å². The van der Waals surface area contributed by atoms with Crippen molar-refractivity contribution in [3.8, 4) is 0 Å². The fourth-order valence-corrected chi connectivity index (χ4v) is 1.88. The number of guanidine groups is 1. The maximum absolute atomic E-state index is 4.22. The summed E-state index contributed by atoms with van der Waals surface area (Å²) in [5.41, 5.74) is 1.40. The number of aliphatic imine (C=N–C) groups is 1. The molecule has 0 saturated heterocycles. The summed E-state index contributed by atoms with van der Waals surface area (Å²) in [4.78, 5) is 4.22. The molecule has 0 saturated carbocycles. The molecule has 2 N–H and O–H groups in total. The molecule has 0 radical (unpaired) electrons. The van der Waals surface area contributed by atoms with E-state index in [0.29, 0.717) is 11.8 Å². The predicted octanol–water partition coefficient (Wildman–Crippen LogP) is 3.00. The van der Waals surface area contributed by atoms with E-state index in [4.69, 9.17) is 0 Å². The normalized spacial score (nSPS) is 13.4. The largest absolute Gasteiger partial charge is 0.356 e. The van der Waals surface area contributed by atoms with Gasteiger partial charge in [-0.05, 0) is 23.8 Å². The summed E-state index contributed by atoms with van der Waals surface area (Å²) < 4.78 is 0. The summed E-state index contributed by atoms with van der Waals surface area (Å²) >= 11 is 0. The monoisotopic (exact) mass is 261 g/mol. The van der Waals surface area contributed by atoms with Crippen LogP contribution in [0.1, 0.15) is 38.7 Å². The lowest BCUT2D eigenvalue weighted by atomic mass is 9.98. The summed E-state index contributed by atoms with van der Waals surface area (Å²) in [6, 6.07) is 10.6. The van der Waals surface area contributed by atoms with E-state index in [1.807, 2.05) is 7.05 Å². The Morgan fingerprint density at radius 2 is 1.79 bits per heavy atom. The van der Waals surface area contributed by atoms with E-state index in [1.54, 1.807) is 0 Å². The van der Waals surface area contributed by atoms with Crippen molar-refractivity contribution in [2.45, 2.75) is 33.1 Å². The minimum atomic E-state index is 0.567. The molecule has 1 unspecified atom stereocenters. The van der Waals surface area contributed by atoms with Crippen LogP contribution in [-0.4, -0.2) is 26.1 Å². The van der Waals surface area contributed by atoms with Crippen LogP contribution in [0.2, 0.25) is 0 Å². The van der Waals surface area contributed by atoms with Gasteiger partial charge < -0.3 is 10.6 Å². The first-order chi connectivity index (χ1) is 9.13. The van der Waals surface area contributed by atoms with E-state index in [-0.39, 0.29) is 0 Å². The van der Waals surface area contributed by atoms with Crippen molar-refractivity contribution in [2.75, 3.05) is 20.1 Å². The lowest BCUT2D eigenvalue weighted by molar-refractivity contribution is 0.605. The molecule has 0 aromatic heterocycles. The molecule has 19 heavy (non-hydrogen) atoms. The fraction of sp³-hybridized carbons (Fsp3) is 0.562. The minimum Gasteiger partial charge on any atom is -0.356 e. The summed E-state index contributed by atoms with van der Waals surface area (Å²) in [7, 11) is 1.82. The highest BCUT2D eigenvalue weighted by Gasteiger charge is 2.05. The molecule has 1 atom stereocenters. The molecule has 0 aliphatic rings. The van der Waals surface area contributed by atoms with Crippen LogP contribution < -0.4 is 10.6 Å². The standard InChI is InChI=1S/C16H27N3/c1-13(2)12-19-16(17-4)18-11-10-14(3)15-8-6-5-7-9-15/h5-9,13-14H,10-12H2,1-4H3,(H2,17,18,19). The first-order valence-electron chi connectivity index (χ1n) is 7.13. The highest BCUT2D eigenvalue weighted by atomic mass is 15.2. The molecule has 0 aliphatic heterocycles. The zero-order valence-corrected chi connectivity index (χ0v) is 12.6. The Kier molecular flexibility index (Phi) is 7.01. The van der Waals surface area contributed by atoms with Crippen LogP contribution in [0.4, 0.5) is 0 Å². The quantitative estimate of drug-likeness (QED) is 0.610. The van der Waals surface area contributed by atoms with Gasteiger partial charge in [0.25, 0.3) is 0 Å². The number of nitrogens with one attached hydrogen (secondary N) is 2. The summed E-state index contributed by atoms with van der Waals surface area (Å²) in [5, 5.41) is 6.69. The predicted molar refractivity (Wildman–Crippen MR) is 83.7 cm³/mol. The Morgan fingerprint density at radius 1 is 1.11 bits per heavy atom. The molecular formula is C16H27N3. The molecular weight excluding hydrogens is 234 g/mol. The number of hydrogen-bond acceptors (Lipinski definition) is 1. The molecule has 0 bridgehead atoms. The van der Waals surface area contributed by atoms with Gasteiger partial charge in [-0.3, -0.25) is 4.99 Å². The molecule has 3 heteroatoms. The Hall–Kier alpha value is -1.51. The zero-order chi connectivity index (χ0) is 14.1. The van der Waals surface area contributed by atoms with Crippen molar-refractivity contribution in [3.05, 3.63) is 35.9 Å². The van der Waals surface area contributed by atoms with Crippen molar-refractivity contribution in [2.24, 2.45) is 10.9 Å². The van der Waals surface area contributed by atoms with Gasteiger partial charge in [-0.2, -0.15) is 0 Å². The Morgan fingerprint density at radius 3 is 2.37 bits per heavy atom. The SMILES string of the molecule is CN=C(NCCC(C)c1ccccc1)NCC(C)C. The Bertz CT molecular complexity index is 371. The molecule has 0 spiro atoms. The molecule has 0 aliphatic carbocycles. The highest BCUT2D eigenvalue weighted by Crippen LogP contribution is 2.17. The van der Waals surface area contributed by atoms with Crippen LogP contribution in [0.25, 0.3) is 0 Å². The molecule has 0 heterocycles. The third-order valence-electron chi connectivity index (χ3n) is 3.14. The van der Waals surface area contributed by atoms with Crippen molar-refractivity contribution in [1.82, 2.24) is 10.6 Å². The van der Waals surface area contributed by atoms with E-state index < -0.39 is 0 Å². The molecule has 106 valence electrons. The lowest BCUT2D eigenvalue weighted by Crippen LogP contribution is -2.39. The van der Waals surface area contributed by atoms with Crippen LogP contribution in [0, 0.1) is 5.92 Å². The van der Waals surface area contributed by atoms with Crippen LogP contribution in [0.15, 0.2) is 35.3 Å². The van der Waals surface area contributed by atoms with E-state index in [0.717, 1.165) is 25.5 Å². The number of nitrogens with zero attached hydrogens (tertiary/aromatic N) is 1. The zero-order valence-electron chi connectivity index (χ0n) is 12.6. The van der Waals surface area contributed by atoms with Crippen LogP contribution in [0.3, 0.4) is 0 Å². The number of benzene rings is 1. The van der Waals surface area contributed by atoms with Crippen molar-refractivity contribution in [1.29, 1.82) is 0 Å². The van der Waals surface area contributed by atoms with Crippen LogP contribution in [0.5, 0.6) is 0 Å². The fourth-order valence-electron chi connectivity index (χ4n) is 1.88. The summed E-state index contributed by atoms with van der Waals surface area (Å²) in [5.74, 6) is 2.09. The Balaban J connectivity index is 2.29. The van der Waals surface area contributed by atoms with Gasteiger partial charge >= 0.3 is 0 Å². The van der Waals surface area contributed by atoms with E-state index in [9.17, 15) is 0 Å². The van der Waals surface area contributed by atoms with Gasteiger partial charge in [-0.25, -0.2) is 0 Å². The molecule has 0 amide bonds. The second-order valence-electron chi connectivity index (χ2n) is 5.37. The first-order valence-corrected chi connectivity index (χ1v) is 7.13. The second kappa shape index (κ2) is 8.57. The minimum absolute atomic E-state index is 0.567. The molecule has 1 rings (SSSR count). The first kappa shape index (κ1) is 15.5. The maximum Gasteiger partial charge on any atom is 0.190 e. The number of hydrogen-bond donors (Lipinski definition) is 2. The van der Waals surface area contributed by atoms with Gasteiger partial charge in [0.1, 0.15) is 0 Å². The van der Waals surface area contributed by atoms with Crippen LogP contribution in [-0.2, 0) is 0 Å². The smallest absolute Gasteiger partial charge is 0.190 e.